The van der Waals surface area contributed by atoms with E-state index in [9.17, 15) is 4.79 Å². The van der Waals surface area contributed by atoms with E-state index in [1.807, 2.05) is 30.3 Å². The van der Waals surface area contributed by atoms with E-state index >= 15 is 0 Å². The van der Waals surface area contributed by atoms with Gasteiger partial charge in [0.1, 0.15) is 5.75 Å². The van der Waals surface area contributed by atoms with E-state index in [0.29, 0.717) is 6.54 Å². The first-order chi connectivity index (χ1) is 9.58. The second kappa shape index (κ2) is 6.43. The van der Waals surface area contributed by atoms with E-state index < -0.39 is 5.97 Å². The summed E-state index contributed by atoms with van der Waals surface area (Å²) in [5, 5.41) is 12.2. The summed E-state index contributed by atoms with van der Waals surface area (Å²) < 4.78 is 5.83. The van der Waals surface area contributed by atoms with Gasteiger partial charge in [-0.25, -0.2) is 4.79 Å². The zero-order valence-electron chi connectivity index (χ0n) is 10.9. The SMILES string of the molecule is COc1ccc(CNc2cc(Br)cc(C(=O)O)c2)cc1. The summed E-state index contributed by atoms with van der Waals surface area (Å²) >= 11 is 3.31. The highest BCUT2D eigenvalue weighted by Gasteiger charge is 2.06. The van der Waals surface area contributed by atoms with Gasteiger partial charge in [-0.05, 0) is 35.9 Å². The lowest BCUT2D eigenvalue weighted by atomic mass is 10.2. The van der Waals surface area contributed by atoms with Crippen molar-refractivity contribution < 1.29 is 14.6 Å². The normalized spacial score (nSPS) is 10.1. The minimum absolute atomic E-state index is 0.247. The van der Waals surface area contributed by atoms with Crippen molar-refractivity contribution in [1.29, 1.82) is 0 Å². The number of ether oxygens (including phenoxy) is 1. The van der Waals surface area contributed by atoms with Crippen molar-refractivity contribution >= 4 is 27.6 Å². The zero-order chi connectivity index (χ0) is 14.5. The standard InChI is InChI=1S/C15H14BrNO3/c1-20-14-4-2-10(3-5-14)9-17-13-7-11(15(18)19)6-12(16)8-13/h2-8,17H,9H2,1H3,(H,18,19). The van der Waals surface area contributed by atoms with Crippen LogP contribution in [-0.2, 0) is 6.54 Å². The molecule has 0 saturated carbocycles. The average molecular weight is 336 g/mol. The number of hydrogen-bond donors (Lipinski definition) is 2. The monoisotopic (exact) mass is 335 g/mol. The number of rotatable bonds is 5. The molecule has 0 aromatic heterocycles. The van der Waals surface area contributed by atoms with E-state index in [1.54, 1.807) is 19.2 Å². The third-order valence-electron chi connectivity index (χ3n) is 2.80. The number of halogens is 1. The van der Waals surface area contributed by atoms with Crippen molar-refractivity contribution in [2.75, 3.05) is 12.4 Å². The van der Waals surface area contributed by atoms with Gasteiger partial charge in [0.05, 0.1) is 12.7 Å². The first kappa shape index (κ1) is 14.4. The van der Waals surface area contributed by atoms with Crippen molar-refractivity contribution in [3.63, 3.8) is 0 Å². The first-order valence-corrected chi connectivity index (χ1v) is 6.78. The Morgan fingerprint density at radius 1 is 1.25 bits per heavy atom. The maximum atomic E-state index is 11.0. The molecule has 4 nitrogen and oxygen atoms in total. The molecule has 0 spiro atoms. The zero-order valence-corrected chi connectivity index (χ0v) is 12.5. The molecule has 0 saturated heterocycles. The highest BCUT2D eigenvalue weighted by molar-refractivity contribution is 9.10. The Morgan fingerprint density at radius 2 is 1.95 bits per heavy atom. The molecule has 0 heterocycles. The Morgan fingerprint density at radius 3 is 2.55 bits per heavy atom. The number of nitrogens with one attached hydrogen (secondary N) is 1. The summed E-state index contributed by atoms with van der Waals surface area (Å²) in [6.45, 7) is 0.611. The molecule has 0 fully saturated rings. The van der Waals surface area contributed by atoms with Gasteiger partial charge in [0.25, 0.3) is 0 Å². The van der Waals surface area contributed by atoms with Crippen LogP contribution in [0.5, 0.6) is 5.75 Å². The Balaban J connectivity index is 2.08. The summed E-state index contributed by atoms with van der Waals surface area (Å²) in [6.07, 6.45) is 0. The van der Waals surface area contributed by atoms with Gasteiger partial charge in [0, 0.05) is 16.7 Å². The van der Waals surface area contributed by atoms with Gasteiger partial charge in [-0.2, -0.15) is 0 Å². The summed E-state index contributed by atoms with van der Waals surface area (Å²) in [5.74, 6) is -0.136. The van der Waals surface area contributed by atoms with E-state index in [1.165, 1.54) is 0 Å². The Hall–Kier alpha value is -2.01. The topological polar surface area (TPSA) is 58.6 Å². The lowest BCUT2D eigenvalue weighted by molar-refractivity contribution is 0.0697. The van der Waals surface area contributed by atoms with Gasteiger partial charge >= 0.3 is 5.97 Å². The van der Waals surface area contributed by atoms with Crippen molar-refractivity contribution in [2.45, 2.75) is 6.54 Å². The molecule has 0 aliphatic heterocycles. The summed E-state index contributed by atoms with van der Waals surface area (Å²) in [5.41, 5.74) is 2.09. The molecule has 5 heteroatoms. The first-order valence-electron chi connectivity index (χ1n) is 5.99. The molecule has 104 valence electrons. The van der Waals surface area contributed by atoms with Gasteiger partial charge in [0.15, 0.2) is 0 Å². The number of benzene rings is 2. The van der Waals surface area contributed by atoms with Crippen LogP contribution in [0.1, 0.15) is 15.9 Å². The quantitative estimate of drug-likeness (QED) is 0.873. The van der Waals surface area contributed by atoms with Gasteiger partial charge < -0.3 is 15.2 Å². The summed E-state index contributed by atoms with van der Waals surface area (Å²) in [4.78, 5) is 11.0. The van der Waals surface area contributed by atoms with Gasteiger partial charge in [-0.3, -0.25) is 0 Å². The van der Waals surface area contributed by atoms with Crippen molar-refractivity contribution in [2.24, 2.45) is 0 Å². The second-order valence-electron chi connectivity index (χ2n) is 4.24. The highest BCUT2D eigenvalue weighted by Crippen LogP contribution is 2.20. The molecular weight excluding hydrogens is 322 g/mol. The maximum Gasteiger partial charge on any atom is 0.335 e. The molecule has 0 bridgehead atoms. The minimum atomic E-state index is -0.946. The number of hydrogen-bond acceptors (Lipinski definition) is 3. The van der Waals surface area contributed by atoms with E-state index in [-0.39, 0.29) is 5.56 Å². The van der Waals surface area contributed by atoms with Crippen LogP contribution in [-0.4, -0.2) is 18.2 Å². The molecular formula is C15H14BrNO3. The number of carbonyl (C=O) groups is 1. The smallest absolute Gasteiger partial charge is 0.335 e. The fourth-order valence-corrected chi connectivity index (χ4v) is 2.26. The van der Waals surface area contributed by atoms with Crippen LogP contribution in [0, 0.1) is 0 Å². The molecule has 20 heavy (non-hydrogen) atoms. The van der Waals surface area contributed by atoms with Crippen LogP contribution >= 0.6 is 15.9 Å². The molecule has 0 aliphatic carbocycles. The van der Waals surface area contributed by atoms with Crippen molar-refractivity contribution in [1.82, 2.24) is 0 Å². The fourth-order valence-electron chi connectivity index (χ4n) is 1.76. The fraction of sp³-hybridized carbons (Fsp3) is 0.133. The molecule has 2 rings (SSSR count). The van der Waals surface area contributed by atoms with E-state index in [0.717, 1.165) is 21.5 Å². The van der Waals surface area contributed by atoms with Crippen LogP contribution in [0.25, 0.3) is 0 Å². The van der Waals surface area contributed by atoms with Gasteiger partial charge in [-0.1, -0.05) is 28.1 Å². The minimum Gasteiger partial charge on any atom is -0.497 e. The van der Waals surface area contributed by atoms with Crippen LogP contribution in [0.2, 0.25) is 0 Å². The van der Waals surface area contributed by atoms with Crippen molar-refractivity contribution in [3.05, 3.63) is 58.1 Å². The lowest BCUT2D eigenvalue weighted by Crippen LogP contribution is -2.02. The predicted molar refractivity (Wildman–Crippen MR) is 81.4 cm³/mol. The number of carboxylic acids is 1. The Bertz CT molecular complexity index is 611. The van der Waals surface area contributed by atoms with E-state index in [2.05, 4.69) is 21.2 Å². The molecule has 0 radical (unpaired) electrons. The molecule has 0 aliphatic rings. The maximum absolute atomic E-state index is 11.0. The highest BCUT2D eigenvalue weighted by atomic mass is 79.9. The summed E-state index contributed by atoms with van der Waals surface area (Å²) in [6, 6.07) is 12.7. The lowest BCUT2D eigenvalue weighted by Gasteiger charge is -2.09. The largest absolute Gasteiger partial charge is 0.497 e. The van der Waals surface area contributed by atoms with Gasteiger partial charge in [-0.15, -0.1) is 0 Å². The summed E-state index contributed by atoms with van der Waals surface area (Å²) in [7, 11) is 1.63. The van der Waals surface area contributed by atoms with Gasteiger partial charge in [0.2, 0.25) is 0 Å². The Kier molecular flexibility index (Phi) is 4.63. The van der Waals surface area contributed by atoms with Crippen LogP contribution < -0.4 is 10.1 Å². The average Bonchev–Trinajstić information content (AvgIpc) is 2.45. The van der Waals surface area contributed by atoms with Crippen molar-refractivity contribution in [3.8, 4) is 5.75 Å². The number of aromatic carboxylic acids is 1. The van der Waals surface area contributed by atoms with Crippen LogP contribution in [0.4, 0.5) is 5.69 Å². The molecule has 0 atom stereocenters. The molecule has 2 aromatic rings. The third kappa shape index (κ3) is 3.74. The number of anilines is 1. The Labute approximate surface area is 125 Å². The molecule has 0 unspecified atom stereocenters. The molecule has 2 aromatic carbocycles. The van der Waals surface area contributed by atoms with Crippen LogP contribution in [0.3, 0.4) is 0 Å². The van der Waals surface area contributed by atoms with Crippen LogP contribution in [0.15, 0.2) is 46.9 Å². The number of methoxy groups -OCH3 is 1. The third-order valence-corrected chi connectivity index (χ3v) is 3.26. The molecule has 2 N–H and O–H groups in total. The molecule has 0 amide bonds. The van der Waals surface area contributed by atoms with E-state index in [4.69, 9.17) is 9.84 Å². The second-order valence-corrected chi connectivity index (χ2v) is 5.15. The number of carboxylic acid groups (broad SMARTS) is 1. The predicted octanol–water partition coefficient (Wildman–Crippen LogP) is 3.77.